The summed E-state index contributed by atoms with van der Waals surface area (Å²) < 4.78 is 27.5. The lowest BCUT2D eigenvalue weighted by atomic mass is 9.79. The Morgan fingerprint density at radius 2 is 1.61 bits per heavy atom. The summed E-state index contributed by atoms with van der Waals surface area (Å²) in [5.41, 5.74) is 0. The summed E-state index contributed by atoms with van der Waals surface area (Å²) in [6.07, 6.45) is 0. The van der Waals surface area contributed by atoms with Gasteiger partial charge >= 0.3 is 11.9 Å². The van der Waals surface area contributed by atoms with Gasteiger partial charge in [0.05, 0.1) is 23.3 Å². The molecule has 5 nitrogen and oxygen atoms in total. The minimum absolute atomic E-state index is 0. The molecule has 2 aliphatic heterocycles. The Bertz CT molecular complexity index is 439. The number of carbonyl (C=O) groups is 2. The van der Waals surface area contributed by atoms with E-state index < -0.39 is 33.6 Å². The van der Waals surface area contributed by atoms with Crippen molar-refractivity contribution in [3.05, 3.63) is 0 Å². The predicted molar refractivity (Wildman–Crippen MR) is 68.5 cm³/mol. The van der Waals surface area contributed by atoms with Crippen LogP contribution in [0.25, 0.3) is 0 Å². The zero-order valence-electron chi connectivity index (χ0n) is 9.17. The van der Waals surface area contributed by atoms with Crippen LogP contribution in [-0.2, 0) is 24.2 Å². The molecule has 0 aromatic heterocycles. The van der Waals surface area contributed by atoms with Crippen molar-refractivity contribution in [2.75, 3.05) is 11.5 Å². The molecule has 0 bridgehead atoms. The molecular weight excluding hydrogens is 256 g/mol. The van der Waals surface area contributed by atoms with Crippen molar-refractivity contribution in [2.45, 2.75) is 28.7 Å². The zero-order chi connectivity index (χ0) is 12.1. The maximum atomic E-state index is 11.5. The Kier molecular flexibility index (Phi) is 5.11. The lowest BCUT2D eigenvalue weighted by Gasteiger charge is -2.19. The number of sulfone groups is 1. The van der Waals surface area contributed by atoms with Crippen LogP contribution in [-0.4, -0.2) is 31.9 Å². The molecule has 2 heterocycles. The highest BCUT2D eigenvalue weighted by molar-refractivity contribution is 7.91. The van der Waals surface area contributed by atoms with Crippen molar-refractivity contribution in [3.8, 4) is 0 Å². The fraction of sp³-hybridized carbons (Fsp3) is 0.833. The lowest BCUT2D eigenvalue weighted by molar-refractivity contribution is -0.154. The van der Waals surface area contributed by atoms with Gasteiger partial charge in [-0.3, -0.25) is 9.59 Å². The first-order valence-electron chi connectivity index (χ1n) is 5.28. The normalized spacial score (nSPS) is 37.7. The third-order valence-corrected chi connectivity index (χ3v) is 5.47. The largest absolute Gasteiger partial charge is 0.393 e. The highest BCUT2D eigenvalue weighted by Crippen LogP contribution is 2.39. The average molecular weight is 278 g/mol. The van der Waals surface area contributed by atoms with Gasteiger partial charge in [0.2, 0.25) is 0 Å². The summed E-state index contributed by atoms with van der Waals surface area (Å²) >= 11 is 0. The van der Waals surface area contributed by atoms with Crippen molar-refractivity contribution in [1.82, 2.24) is 0 Å². The highest BCUT2D eigenvalue weighted by atomic mass is 32.2. The Morgan fingerprint density at radius 1 is 1.06 bits per heavy atom. The minimum Gasteiger partial charge on any atom is -0.393 e. The molecule has 0 amide bonds. The quantitative estimate of drug-likeness (QED) is 0.533. The Hall–Kier alpha value is -0.910. The summed E-state index contributed by atoms with van der Waals surface area (Å²) in [5.74, 6) is -2.48. The van der Waals surface area contributed by atoms with Crippen LogP contribution in [0.2, 0.25) is 0 Å². The number of hydrogen-bond acceptors (Lipinski definition) is 5. The molecular formula is C12H22O5S. The second-order valence-electron chi connectivity index (χ2n) is 4.77. The number of cyclic esters (lactones) is 2. The van der Waals surface area contributed by atoms with Gasteiger partial charge in [0.25, 0.3) is 0 Å². The van der Waals surface area contributed by atoms with E-state index in [0.717, 1.165) is 0 Å². The number of hydrogen-bond donors (Lipinski definition) is 0. The van der Waals surface area contributed by atoms with Crippen LogP contribution in [0.4, 0.5) is 0 Å². The second-order valence-corrected chi connectivity index (χ2v) is 6.93. The minimum atomic E-state index is -3.07. The number of carbonyl (C=O) groups excluding carboxylic acids is 2. The van der Waals surface area contributed by atoms with Crippen LogP contribution in [0.5, 0.6) is 0 Å². The van der Waals surface area contributed by atoms with Crippen molar-refractivity contribution in [3.63, 3.8) is 0 Å². The molecule has 4 atom stereocenters. The van der Waals surface area contributed by atoms with Crippen molar-refractivity contribution < 1.29 is 22.7 Å². The third kappa shape index (κ3) is 2.74. The summed E-state index contributed by atoms with van der Waals surface area (Å²) in [6.45, 7) is 3.42. The fourth-order valence-electron chi connectivity index (χ4n) is 2.66. The fourth-order valence-corrected chi connectivity index (χ4v) is 4.97. The van der Waals surface area contributed by atoms with Crippen LogP contribution in [0.3, 0.4) is 0 Å². The number of ether oxygens (including phenoxy) is 1. The van der Waals surface area contributed by atoms with Gasteiger partial charge in [-0.15, -0.1) is 0 Å². The lowest BCUT2D eigenvalue weighted by Crippen LogP contribution is -2.29. The average Bonchev–Trinajstić information content (AvgIpc) is 2.51. The Balaban J connectivity index is 0.00000144. The van der Waals surface area contributed by atoms with E-state index in [4.69, 9.17) is 0 Å². The number of rotatable bonds is 1. The molecule has 2 fully saturated rings. The molecule has 0 aromatic rings. The first kappa shape index (κ1) is 17.1. The molecule has 0 aromatic carbocycles. The van der Waals surface area contributed by atoms with Crippen LogP contribution in [0, 0.1) is 23.7 Å². The standard InChI is InChI=1S/C10H14O5S.2CH4/c1-5-3-16(13,14)4-7(5)8-6(2)9(11)15-10(8)12;;/h5-8H,3-4H2,1-2H3;2*1H4. The van der Waals surface area contributed by atoms with E-state index in [-0.39, 0.29) is 38.2 Å². The molecule has 106 valence electrons. The molecule has 2 rings (SSSR count). The molecule has 0 saturated carbocycles. The number of esters is 2. The smallest absolute Gasteiger partial charge is 0.317 e. The molecule has 0 aliphatic carbocycles. The highest BCUT2D eigenvalue weighted by Gasteiger charge is 2.51. The molecule has 2 aliphatic rings. The van der Waals surface area contributed by atoms with E-state index in [0.29, 0.717) is 0 Å². The van der Waals surface area contributed by atoms with Crippen LogP contribution in [0.1, 0.15) is 28.7 Å². The van der Waals surface area contributed by atoms with Gasteiger partial charge in [-0.25, -0.2) is 8.42 Å². The monoisotopic (exact) mass is 278 g/mol. The van der Waals surface area contributed by atoms with Gasteiger partial charge in [0, 0.05) is 0 Å². The van der Waals surface area contributed by atoms with Gasteiger partial charge in [-0.2, -0.15) is 0 Å². The molecule has 2 saturated heterocycles. The molecule has 0 spiro atoms. The Labute approximate surface area is 109 Å². The van der Waals surface area contributed by atoms with E-state index in [1.807, 2.05) is 0 Å². The second kappa shape index (κ2) is 5.38. The van der Waals surface area contributed by atoms with Gasteiger partial charge in [-0.05, 0) is 11.8 Å². The van der Waals surface area contributed by atoms with Crippen LogP contribution >= 0.6 is 0 Å². The van der Waals surface area contributed by atoms with Gasteiger partial charge < -0.3 is 4.74 Å². The molecule has 0 N–H and O–H groups in total. The molecule has 18 heavy (non-hydrogen) atoms. The van der Waals surface area contributed by atoms with E-state index >= 15 is 0 Å². The van der Waals surface area contributed by atoms with E-state index in [1.54, 1.807) is 13.8 Å². The Morgan fingerprint density at radius 3 is 1.94 bits per heavy atom. The van der Waals surface area contributed by atoms with Gasteiger partial charge in [0.15, 0.2) is 9.84 Å². The summed E-state index contributed by atoms with van der Waals surface area (Å²) in [6, 6.07) is 0. The SMILES string of the molecule is C.C.CC1CS(=O)(=O)CC1C1C(=O)OC(=O)C1C. The van der Waals surface area contributed by atoms with E-state index in [1.165, 1.54) is 0 Å². The van der Waals surface area contributed by atoms with E-state index in [2.05, 4.69) is 4.74 Å². The van der Waals surface area contributed by atoms with Gasteiger partial charge in [0.1, 0.15) is 0 Å². The van der Waals surface area contributed by atoms with Crippen molar-refractivity contribution in [1.29, 1.82) is 0 Å². The summed E-state index contributed by atoms with van der Waals surface area (Å²) in [5, 5.41) is 0. The molecule has 6 heteroatoms. The topological polar surface area (TPSA) is 77.5 Å². The maximum Gasteiger partial charge on any atom is 0.317 e. The third-order valence-electron chi connectivity index (χ3n) is 3.54. The van der Waals surface area contributed by atoms with E-state index in [9.17, 15) is 18.0 Å². The molecule has 4 unspecified atom stereocenters. The van der Waals surface area contributed by atoms with Crippen molar-refractivity contribution in [2.24, 2.45) is 23.7 Å². The first-order chi connectivity index (χ1) is 7.32. The van der Waals surface area contributed by atoms with Crippen LogP contribution < -0.4 is 0 Å². The first-order valence-corrected chi connectivity index (χ1v) is 7.10. The summed E-state index contributed by atoms with van der Waals surface area (Å²) in [7, 11) is -3.07. The van der Waals surface area contributed by atoms with Crippen molar-refractivity contribution >= 4 is 21.8 Å². The zero-order valence-corrected chi connectivity index (χ0v) is 9.99. The van der Waals surface area contributed by atoms with Gasteiger partial charge in [-0.1, -0.05) is 28.7 Å². The summed E-state index contributed by atoms with van der Waals surface area (Å²) in [4.78, 5) is 22.7. The van der Waals surface area contributed by atoms with Crippen LogP contribution in [0.15, 0.2) is 0 Å². The predicted octanol–water partition coefficient (Wildman–Crippen LogP) is 1.27. The molecule has 0 radical (unpaired) electrons. The maximum absolute atomic E-state index is 11.5.